The SMILES string of the molecule is O=C(OCc1ccccc1)N1CCC(F)(CNC2CC2c2ccc3ccccc3c2)CC1. The maximum atomic E-state index is 15.3. The van der Waals surface area contributed by atoms with Gasteiger partial charge in [0.2, 0.25) is 0 Å². The van der Waals surface area contributed by atoms with Crippen molar-refractivity contribution in [2.75, 3.05) is 19.6 Å². The lowest BCUT2D eigenvalue weighted by Crippen LogP contribution is -2.49. The van der Waals surface area contributed by atoms with Gasteiger partial charge in [-0.05, 0) is 28.3 Å². The number of alkyl halides is 1. The summed E-state index contributed by atoms with van der Waals surface area (Å²) in [5.74, 6) is 0.455. The van der Waals surface area contributed by atoms with Crippen molar-refractivity contribution in [3.63, 3.8) is 0 Å². The van der Waals surface area contributed by atoms with Gasteiger partial charge in [-0.3, -0.25) is 0 Å². The summed E-state index contributed by atoms with van der Waals surface area (Å²) >= 11 is 0. The molecule has 166 valence electrons. The Hall–Kier alpha value is -2.92. The Morgan fingerprint density at radius 2 is 1.72 bits per heavy atom. The number of halogens is 1. The van der Waals surface area contributed by atoms with Crippen LogP contribution < -0.4 is 5.32 Å². The molecule has 5 heteroatoms. The number of carbonyl (C=O) groups excluding carboxylic acids is 1. The normalized spacial score (nSPS) is 22.0. The zero-order chi connectivity index (χ0) is 22.0. The number of nitrogens with one attached hydrogen (secondary N) is 1. The number of hydrogen-bond acceptors (Lipinski definition) is 3. The molecule has 1 heterocycles. The van der Waals surface area contributed by atoms with Crippen LogP contribution in [0.4, 0.5) is 9.18 Å². The summed E-state index contributed by atoms with van der Waals surface area (Å²) in [6, 6.07) is 24.9. The van der Waals surface area contributed by atoms with E-state index in [1.807, 2.05) is 30.3 Å². The first-order chi connectivity index (χ1) is 15.6. The molecule has 2 aliphatic rings. The van der Waals surface area contributed by atoms with Crippen LogP contribution in [0.25, 0.3) is 10.8 Å². The smallest absolute Gasteiger partial charge is 0.410 e. The zero-order valence-electron chi connectivity index (χ0n) is 18.2. The van der Waals surface area contributed by atoms with Crippen molar-refractivity contribution in [3.8, 4) is 0 Å². The molecule has 32 heavy (non-hydrogen) atoms. The molecule has 1 saturated heterocycles. The third-order valence-corrected chi connectivity index (χ3v) is 6.80. The predicted molar refractivity (Wildman–Crippen MR) is 124 cm³/mol. The lowest BCUT2D eigenvalue weighted by molar-refractivity contribution is 0.0408. The molecule has 1 amide bonds. The molecule has 4 nitrogen and oxygen atoms in total. The first-order valence-corrected chi connectivity index (χ1v) is 11.5. The standard InChI is InChI=1S/C27H29FN2O2/c28-27(12-14-30(15-13-27)26(31)32-18-20-6-2-1-3-7-20)19-29-25-17-24(25)23-11-10-21-8-4-5-9-22(21)16-23/h1-11,16,24-25,29H,12-15,17-19H2. The van der Waals surface area contributed by atoms with E-state index in [2.05, 4.69) is 47.8 Å². The van der Waals surface area contributed by atoms with Crippen LogP contribution in [0.3, 0.4) is 0 Å². The fourth-order valence-corrected chi connectivity index (χ4v) is 4.62. The number of fused-ring (bicyclic) bond motifs is 1. The second kappa shape index (κ2) is 8.91. The van der Waals surface area contributed by atoms with E-state index in [0.29, 0.717) is 44.4 Å². The summed E-state index contributed by atoms with van der Waals surface area (Å²) in [6.07, 6.45) is 1.37. The molecule has 0 spiro atoms. The van der Waals surface area contributed by atoms with Gasteiger partial charge in [0.25, 0.3) is 0 Å². The molecule has 1 N–H and O–H groups in total. The summed E-state index contributed by atoms with van der Waals surface area (Å²) in [6.45, 7) is 1.38. The van der Waals surface area contributed by atoms with Crippen LogP contribution in [0, 0.1) is 0 Å². The Labute approximate surface area is 188 Å². The van der Waals surface area contributed by atoms with E-state index in [9.17, 15) is 4.79 Å². The van der Waals surface area contributed by atoms with Crippen LogP contribution in [0.2, 0.25) is 0 Å². The van der Waals surface area contributed by atoms with Crippen LogP contribution in [-0.2, 0) is 11.3 Å². The van der Waals surface area contributed by atoms with Crippen molar-refractivity contribution < 1.29 is 13.9 Å². The van der Waals surface area contributed by atoms with E-state index in [-0.39, 0.29) is 12.7 Å². The molecule has 1 saturated carbocycles. The van der Waals surface area contributed by atoms with E-state index >= 15 is 4.39 Å². The van der Waals surface area contributed by atoms with Crippen LogP contribution in [-0.4, -0.2) is 42.3 Å². The minimum absolute atomic E-state index is 0.246. The van der Waals surface area contributed by atoms with Crippen LogP contribution in [0.1, 0.15) is 36.3 Å². The number of likely N-dealkylation sites (tertiary alicyclic amines) is 1. The number of rotatable bonds is 6. The number of carbonyl (C=O) groups is 1. The summed E-state index contributed by atoms with van der Waals surface area (Å²) in [4.78, 5) is 13.9. The second-order valence-electron chi connectivity index (χ2n) is 9.11. The van der Waals surface area contributed by atoms with Crippen molar-refractivity contribution in [3.05, 3.63) is 83.9 Å². The topological polar surface area (TPSA) is 41.6 Å². The van der Waals surface area contributed by atoms with Crippen LogP contribution in [0.5, 0.6) is 0 Å². The fraction of sp³-hybridized carbons (Fsp3) is 0.370. The molecular formula is C27H29FN2O2. The minimum Gasteiger partial charge on any atom is -0.445 e. The number of ether oxygens (including phenoxy) is 1. The van der Waals surface area contributed by atoms with Gasteiger partial charge in [-0.25, -0.2) is 9.18 Å². The van der Waals surface area contributed by atoms with Gasteiger partial charge < -0.3 is 15.0 Å². The molecule has 2 atom stereocenters. The predicted octanol–water partition coefficient (Wildman–Crippen LogP) is 5.43. The molecule has 5 rings (SSSR count). The maximum Gasteiger partial charge on any atom is 0.410 e. The van der Waals surface area contributed by atoms with Crippen molar-refractivity contribution in [1.82, 2.24) is 10.2 Å². The highest BCUT2D eigenvalue weighted by atomic mass is 19.1. The molecule has 3 aromatic carbocycles. The van der Waals surface area contributed by atoms with Gasteiger partial charge in [0, 0.05) is 44.4 Å². The minimum atomic E-state index is -1.27. The van der Waals surface area contributed by atoms with Gasteiger partial charge >= 0.3 is 6.09 Å². The third-order valence-electron chi connectivity index (χ3n) is 6.80. The van der Waals surface area contributed by atoms with Gasteiger partial charge in [-0.1, -0.05) is 72.8 Å². The van der Waals surface area contributed by atoms with Crippen molar-refractivity contribution in [2.24, 2.45) is 0 Å². The molecule has 0 bridgehead atoms. The van der Waals surface area contributed by atoms with E-state index in [0.717, 1.165) is 12.0 Å². The average Bonchev–Trinajstić information content (AvgIpc) is 3.62. The number of piperidine rings is 1. The first kappa shape index (κ1) is 21.0. The first-order valence-electron chi connectivity index (χ1n) is 11.5. The molecule has 2 unspecified atom stereocenters. The summed E-state index contributed by atoms with van der Waals surface area (Å²) in [5.41, 5.74) is 1.00. The molecule has 3 aromatic rings. The lowest BCUT2D eigenvalue weighted by atomic mass is 9.93. The highest BCUT2D eigenvalue weighted by Gasteiger charge is 2.42. The summed E-state index contributed by atoms with van der Waals surface area (Å²) < 4.78 is 20.7. The Kier molecular flexibility index (Phi) is 5.83. The van der Waals surface area contributed by atoms with E-state index < -0.39 is 5.67 Å². The molecule has 2 fully saturated rings. The van der Waals surface area contributed by atoms with Crippen molar-refractivity contribution in [1.29, 1.82) is 0 Å². The van der Waals surface area contributed by atoms with E-state index in [4.69, 9.17) is 4.74 Å². The maximum absolute atomic E-state index is 15.3. The number of hydrogen-bond donors (Lipinski definition) is 1. The lowest BCUT2D eigenvalue weighted by Gasteiger charge is -2.36. The summed E-state index contributed by atoms with van der Waals surface area (Å²) in [5, 5.41) is 5.95. The van der Waals surface area contributed by atoms with Gasteiger partial charge in [0.15, 0.2) is 0 Å². The quantitative estimate of drug-likeness (QED) is 0.565. The van der Waals surface area contributed by atoms with Gasteiger partial charge in [0.05, 0.1) is 0 Å². The van der Waals surface area contributed by atoms with Crippen molar-refractivity contribution in [2.45, 2.75) is 43.5 Å². The van der Waals surface area contributed by atoms with Crippen LogP contribution >= 0.6 is 0 Å². The highest BCUT2D eigenvalue weighted by Crippen LogP contribution is 2.42. The Morgan fingerprint density at radius 1 is 1.00 bits per heavy atom. The van der Waals surface area contributed by atoms with Gasteiger partial charge in [-0.2, -0.15) is 0 Å². The highest BCUT2D eigenvalue weighted by molar-refractivity contribution is 5.83. The Balaban J connectivity index is 1.07. The fourth-order valence-electron chi connectivity index (χ4n) is 4.62. The molecule has 0 aromatic heterocycles. The summed E-state index contributed by atoms with van der Waals surface area (Å²) in [7, 11) is 0. The van der Waals surface area contributed by atoms with E-state index in [1.54, 1.807) is 4.90 Å². The van der Waals surface area contributed by atoms with E-state index in [1.165, 1.54) is 16.3 Å². The zero-order valence-corrected chi connectivity index (χ0v) is 18.2. The largest absolute Gasteiger partial charge is 0.445 e. The second-order valence-corrected chi connectivity index (χ2v) is 9.11. The Morgan fingerprint density at radius 3 is 2.50 bits per heavy atom. The molecule has 1 aliphatic heterocycles. The third kappa shape index (κ3) is 4.78. The van der Waals surface area contributed by atoms with Gasteiger partial charge in [0.1, 0.15) is 12.3 Å². The van der Waals surface area contributed by atoms with Gasteiger partial charge in [-0.15, -0.1) is 0 Å². The number of amides is 1. The van der Waals surface area contributed by atoms with Crippen LogP contribution in [0.15, 0.2) is 72.8 Å². The number of benzene rings is 3. The van der Waals surface area contributed by atoms with Crippen molar-refractivity contribution >= 4 is 16.9 Å². The number of nitrogens with zero attached hydrogens (tertiary/aromatic N) is 1. The monoisotopic (exact) mass is 432 g/mol. The molecular weight excluding hydrogens is 403 g/mol. The average molecular weight is 433 g/mol. The molecule has 0 radical (unpaired) electrons. The molecule has 1 aliphatic carbocycles. The Bertz CT molecular complexity index is 1080.